The van der Waals surface area contributed by atoms with Gasteiger partial charge in [0.15, 0.2) is 0 Å². The second-order valence-corrected chi connectivity index (χ2v) is 9.58. The SMILES string of the molecule is COc1ccc2c(-c3ccccc3)c(C(=O)Nc3ccc(CC(=O)N4CCSCC4)cc3)oc2c1. The summed E-state index contributed by atoms with van der Waals surface area (Å²) in [5.41, 5.74) is 3.78. The number of ether oxygens (including phenoxy) is 1. The van der Waals surface area contributed by atoms with E-state index in [1.807, 2.05) is 83.4 Å². The average Bonchev–Trinajstić information content (AvgIpc) is 3.29. The summed E-state index contributed by atoms with van der Waals surface area (Å²) < 4.78 is 11.4. The minimum absolute atomic E-state index is 0.146. The number of fused-ring (bicyclic) bond motifs is 1. The maximum absolute atomic E-state index is 13.3. The van der Waals surface area contributed by atoms with Gasteiger partial charge in [-0.25, -0.2) is 0 Å². The molecular weight excluding hydrogens is 460 g/mol. The molecular formula is C28H26N2O4S. The first kappa shape index (κ1) is 23.1. The van der Waals surface area contributed by atoms with Gasteiger partial charge in [0, 0.05) is 47.3 Å². The summed E-state index contributed by atoms with van der Waals surface area (Å²) in [5, 5.41) is 3.78. The van der Waals surface area contributed by atoms with Crippen LogP contribution in [-0.4, -0.2) is 48.4 Å². The summed E-state index contributed by atoms with van der Waals surface area (Å²) in [6, 6.07) is 22.7. The standard InChI is InChI=1S/C28H26N2O4S/c1-33-22-11-12-23-24(18-22)34-27(26(23)20-5-3-2-4-6-20)28(32)29-21-9-7-19(8-10-21)17-25(31)30-13-15-35-16-14-30/h2-12,18H,13-17H2,1H3,(H,29,32). The number of methoxy groups -OCH3 is 1. The third-order valence-electron chi connectivity index (χ3n) is 6.10. The third kappa shape index (κ3) is 5.05. The number of amides is 2. The van der Waals surface area contributed by atoms with Crippen LogP contribution in [-0.2, 0) is 11.2 Å². The number of rotatable bonds is 6. The van der Waals surface area contributed by atoms with Crippen molar-refractivity contribution in [2.45, 2.75) is 6.42 Å². The van der Waals surface area contributed by atoms with Crippen LogP contribution in [0.5, 0.6) is 5.75 Å². The van der Waals surface area contributed by atoms with Crippen LogP contribution in [0.25, 0.3) is 22.1 Å². The number of nitrogens with one attached hydrogen (secondary N) is 1. The lowest BCUT2D eigenvalue weighted by Gasteiger charge is -2.26. The molecule has 1 N–H and O–H groups in total. The van der Waals surface area contributed by atoms with E-state index in [-0.39, 0.29) is 17.6 Å². The van der Waals surface area contributed by atoms with Crippen LogP contribution >= 0.6 is 11.8 Å². The van der Waals surface area contributed by atoms with Gasteiger partial charge in [-0.3, -0.25) is 9.59 Å². The summed E-state index contributed by atoms with van der Waals surface area (Å²) in [4.78, 5) is 27.8. The van der Waals surface area contributed by atoms with Crippen molar-refractivity contribution in [1.82, 2.24) is 4.90 Å². The van der Waals surface area contributed by atoms with E-state index in [4.69, 9.17) is 9.15 Å². The normalized spacial score (nSPS) is 13.6. The first-order valence-corrected chi connectivity index (χ1v) is 12.7. The summed E-state index contributed by atoms with van der Waals surface area (Å²) in [6.45, 7) is 1.62. The lowest BCUT2D eigenvalue weighted by Crippen LogP contribution is -2.38. The van der Waals surface area contributed by atoms with Gasteiger partial charge in [0.25, 0.3) is 5.91 Å². The molecule has 0 atom stereocenters. The Balaban J connectivity index is 1.37. The fourth-order valence-electron chi connectivity index (χ4n) is 4.25. The molecule has 4 aromatic rings. The molecule has 2 heterocycles. The summed E-state index contributed by atoms with van der Waals surface area (Å²) >= 11 is 1.88. The van der Waals surface area contributed by atoms with Crippen molar-refractivity contribution in [1.29, 1.82) is 0 Å². The van der Waals surface area contributed by atoms with E-state index in [1.165, 1.54) is 0 Å². The van der Waals surface area contributed by atoms with Crippen LogP contribution in [0.15, 0.2) is 77.2 Å². The predicted molar refractivity (Wildman–Crippen MR) is 140 cm³/mol. The van der Waals surface area contributed by atoms with E-state index >= 15 is 0 Å². The molecule has 7 heteroatoms. The number of hydrogen-bond acceptors (Lipinski definition) is 5. The molecule has 1 aliphatic rings. The minimum Gasteiger partial charge on any atom is -0.497 e. The van der Waals surface area contributed by atoms with E-state index in [0.29, 0.717) is 23.4 Å². The third-order valence-corrected chi connectivity index (χ3v) is 7.04. The van der Waals surface area contributed by atoms with E-state index in [1.54, 1.807) is 13.2 Å². The maximum atomic E-state index is 13.3. The molecule has 3 aromatic carbocycles. The minimum atomic E-state index is -0.339. The van der Waals surface area contributed by atoms with Crippen LogP contribution in [0.4, 0.5) is 5.69 Å². The molecule has 0 saturated carbocycles. The number of benzene rings is 3. The Labute approximate surface area is 208 Å². The lowest BCUT2D eigenvalue weighted by molar-refractivity contribution is -0.130. The molecule has 0 aliphatic carbocycles. The van der Waals surface area contributed by atoms with Gasteiger partial charge in [-0.1, -0.05) is 42.5 Å². The molecule has 1 aliphatic heterocycles. The van der Waals surface area contributed by atoms with E-state index < -0.39 is 0 Å². The van der Waals surface area contributed by atoms with Crippen molar-refractivity contribution in [3.8, 4) is 16.9 Å². The predicted octanol–water partition coefficient (Wildman–Crippen LogP) is 5.48. The highest BCUT2D eigenvalue weighted by Gasteiger charge is 2.23. The molecule has 0 spiro atoms. The monoisotopic (exact) mass is 486 g/mol. The summed E-state index contributed by atoms with van der Waals surface area (Å²) in [7, 11) is 1.60. The molecule has 1 aromatic heterocycles. The van der Waals surface area contributed by atoms with Gasteiger partial charge < -0.3 is 19.4 Å². The Hall–Kier alpha value is -3.71. The molecule has 35 heavy (non-hydrogen) atoms. The Morgan fingerprint density at radius 1 is 1.00 bits per heavy atom. The van der Waals surface area contributed by atoms with Gasteiger partial charge >= 0.3 is 0 Å². The number of hydrogen-bond donors (Lipinski definition) is 1. The molecule has 178 valence electrons. The number of anilines is 1. The van der Waals surface area contributed by atoms with Gasteiger partial charge in [-0.2, -0.15) is 11.8 Å². The van der Waals surface area contributed by atoms with Gasteiger partial charge in [-0.05, 0) is 35.4 Å². The fourth-order valence-corrected chi connectivity index (χ4v) is 5.15. The Morgan fingerprint density at radius 2 is 1.74 bits per heavy atom. The number of thioether (sulfide) groups is 1. The van der Waals surface area contributed by atoms with E-state index in [2.05, 4.69) is 5.32 Å². The van der Waals surface area contributed by atoms with E-state index in [9.17, 15) is 9.59 Å². The largest absolute Gasteiger partial charge is 0.497 e. The van der Waals surface area contributed by atoms with Crippen LogP contribution in [0.2, 0.25) is 0 Å². The highest BCUT2D eigenvalue weighted by atomic mass is 32.2. The van der Waals surface area contributed by atoms with Crippen molar-refractivity contribution >= 4 is 40.2 Å². The smallest absolute Gasteiger partial charge is 0.292 e. The highest BCUT2D eigenvalue weighted by molar-refractivity contribution is 7.99. The first-order valence-electron chi connectivity index (χ1n) is 11.5. The van der Waals surface area contributed by atoms with Crippen LogP contribution in [0, 0.1) is 0 Å². The Morgan fingerprint density at radius 3 is 2.46 bits per heavy atom. The summed E-state index contributed by atoms with van der Waals surface area (Å²) in [6.07, 6.45) is 0.364. The highest BCUT2D eigenvalue weighted by Crippen LogP contribution is 2.37. The molecule has 0 radical (unpaired) electrons. The van der Waals surface area contributed by atoms with Gasteiger partial charge in [0.2, 0.25) is 11.7 Å². The van der Waals surface area contributed by atoms with Gasteiger partial charge in [-0.15, -0.1) is 0 Å². The zero-order chi connectivity index (χ0) is 24.2. The number of carbonyl (C=O) groups excluding carboxylic acids is 2. The molecule has 0 bridgehead atoms. The maximum Gasteiger partial charge on any atom is 0.292 e. The van der Waals surface area contributed by atoms with Crippen molar-refractivity contribution in [2.24, 2.45) is 0 Å². The zero-order valence-corrected chi connectivity index (χ0v) is 20.3. The Kier molecular flexibility index (Phi) is 6.77. The molecule has 0 unspecified atom stereocenters. The topological polar surface area (TPSA) is 71.8 Å². The lowest BCUT2D eigenvalue weighted by atomic mass is 10.0. The quantitative estimate of drug-likeness (QED) is 0.391. The first-order chi connectivity index (χ1) is 17.1. The average molecular weight is 487 g/mol. The van der Waals surface area contributed by atoms with Crippen LogP contribution < -0.4 is 10.1 Å². The van der Waals surface area contributed by atoms with E-state index in [0.717, 1.165) is 46.7 Å². The molecule has 2 amide bonds. The second kappa shape index (κ2) is 10.3. The zero-order valence-electron chi connectivity index (χ0n) is 19.5. The van der Waals surface area contributed by atoms with Gasteiger partial charge in [0.1, 0.15) is 11.3 Å². The van der Waals surface area contributed by atoms with Crippen molar-refractivity contribution in [3.05, 3.63) is 84.1 Å². The molecule has 1 fully saturated rings. The number of carbonyl (C=O) groups is 2. The fraction of sp³-hybridized carbons (Fsp3) is 0.214. The molecule has 6 nitrogen and oxygen atoms in total. The van der Waals surface area contributed by atoms with Crippen molar-refractivity contribution in [2.75, 3.05) is 37.0 Å². The van der Waals surface area contributed by atoms with Crippen molar-refractivity contribution in [3.63, 3.8) is 0 Å². The van der Waals surface area contributed by atoms with Crippen molar-refractivity contribution < 1.29 is 18.7 Å². The summed E-state index contributed by atoms with van der Waals surface area (Å²) in [5.74, 6) is 2.70. The Bertz CT molecular complexity index is 1340. The molecule has 1 saturated heterocycles. The second-order valence-electron chi connectivity index (χ2n) is 8.36. The number of furan rings is 1. The van der Waals surface area contributed by atoms with Crippen LogP contribution in [0.3, 0.4) is 0 Å². The van der Waals surface area contributed by atoms with Gasteiger partial charge in [0.05, 0.1) is 13.5 Å². The molecule has 5 rings (SSSR count). The number of nitrogens with zero attached hydrogens (tertiary/aromatic N) is 1. The van der Waals surface area contributed by atoms with Crippen LogP contribution in [0.1, 0.15) is 16.1 Å².